The smallest absolute Gasteiger partial charge is 0.744 e. The van der Waals surface area contributed by atoms with E-state index in [-0.39, 0.29) is 141 Å². The Labute approximate surface area is 581 Å². The van der Waals surface area contributed by atoms with E-state index in [1.807, 2.05) is 10.6 Å². The van der Waals surface area contributed by atoms with E-state index in [9.17, 15) is 102 Å². The largest absolute Gasteiger partial charge is 1.00 e. The summed E-state index contributed by atoms with van der Waals surface area (Å²) in [6, 6.07) is 12.4. The SMILES string of the molecule is Cn1cc(NC(=O)c2cc(NC(=O)Nc3cc(C(=O)Nc4cc(C(=O)Nc5ccc6c(S(=O)(=O)[O-])cccc6c5S(=O)(=O)[O-])n(C)c4)cc(C(F)(F)F)c3)cc(C(F)(F)F)c2)cc1C(=O)Nc1ccc2c(S(=O)(=O)[O-])cccc2c1S(=O)(=O)[O-].[Na+].[Na+].[Na+].[Na+]. The molecule has 0 saturated heterocycles. The van der Waals surface area contributed by atoms with Crippen molar-refractivity contribution in [3.63, 3.8) is 0 Å². The van der Waals surface area contributed by atoms with E-state index in [1.165, 1.54) is 14.1 Å². The third-order valence-electron chi connectivity index (χ3n) is 12.0. The molecule has 0 saturated carbocycles. The first-order valence-corrected chi connectivity index (χ1v) is 28.5. The fraction of sp³-hybridized carbons (Fsp3) is 0.0816. The zero-order valence-electron chi connectivity index (χ0n) is 45.8. The molecule has 0 unspecified atom stereocenters. The normalized spacial score (nSPS) is 11.9. The van der Waals surface area contributed by atoms with Gasteiger partial charge in [-0.05, 0) is 72.8 Å². The molecule has 0 aliphatic rings. The second-order valence-corrected chi connectivity index (χ2v) is 23.2. The molecule has 88 heavy (non-hydrogen) atoms. The van der Waals surface area contributed by atoms with Gasteiger partial charge in [-0.2, -0.15) is 26.3 Å². The first-order valence-electron chi connectivity index (χ1n) is 22.8. The van der Waals surface area contributed by atoms with Gasteiger partial charge in [-0.3, -0.25) is 19.2 Å². The molecule has 0 aliphatic carbocycles. The van der Waals surface area contributed by atoms with Gasteiger partial charge in [0.2, 0.25) is 0 Å². The van der Waals surface area contributed by atoms with Gasteiger partial charge in [-0.25, -0.2) is 38.5 Å². The number of nitrogens with one attached hydrogen (secondary N) is 6. The monoisotopic (exact) mass is 1340 g/mol. The maximum absolute atomic E-state index is 14.2. The number of aryl methyl sites for hydroxylation is 2. The number of aromatic nitrogens is 2. The molecule has 0 aliphatic heterocycles. The number of hydrogen-bond acceptors (Lipinski definition) is 17. The summed E-state index contributed by atoms with van der Waals surface area (Å²) in [6.45, 7) is 0. The van der Waals surface area contributed by atoms with Crippen LogP contribution in [0.15, 0.2) is 141 Å². The number of rotatable bonds is 14. The van der Waals surface area contributed by atoms with Crippen molar-refractivity contribution >= 4 is 126 Å². The molecular formula is C49H32F6N8Na4O17S4. The fourth-order valence-corrected chi connectivity index (χ4v) is 11.6. The van der Waals surface area contributed by atoms with Crippen LogP contribution in [-0.2, 0) is 66.9 Å². The van der Waals surface area contributed by atoms with E-state index in [0.717, 1.165) is 94.3 Å². The third kappa shape index (κ3) is 17.2. The van der Waals surface area contributed by atoms with Crippen LogP contribution in [-0.4, -0.2) is 90.7 Å². The maximum atomic E-state index is 14.2. The maximum Gasteiger partial charge on any atom is 1.00 e. The Balaban J connectivity index is 0.00000414. The predicted molar refractivity (Wildman–Crippen MR) is 278 cm³/mol. The van der Waals surface area contributed by atoms with Crippen LogP contribution in [0.5, 0.6) is 0 Å². The molecule has 25 nitrogen and oxygen atoms in total. The van der Waals surface area contributed by atoms with Crippen LogP contribution in [0.1, 0.15) is 52.8 Å². The van der Waals surface area contributed by atoms with Gasteiger partial charge in [0.05, 0.1) is 53.5 Å². The van der Waals surface area contributed by atoms with Gasteiger partial charge in [0.15, 0.2) is 0 Å². The molecule has 440 valence electrons. The molecule has 0 fully saturated rings. The number of amides is 6. The van der Waals surface area contributed by atoms with E-state index in [1.54, 1.807) is 0 Å². The number of urea groups is 1. The molecule has 2 heterocycles. The van der Waals surface area contributed by atoms with Crippen molar-refractivity contribution in [2.45, 2.75) is 31.9 Å². The summed E-state index contributed by atoms with van der Waals surface area (Å²) >= 11 is 0. The van der Waals surface area contributed by atoms with Crippen molar-refractivity contribution in [1.82, 2.24) is 9.13 Å². The first kappa shape index (κ1) is 75.2. The predicted octanol–water partition coefficient (Wildman–Crippen LogP) is -5.01. The van der Waals surface area contributed by atoms with Crippen molar-refractivity contribution in [2.75, 3.05) is 31.9 Å². The Hall–Kier alpha value is -5.23. The summed E-state index contributed by atoms with van der Waals surface area (Å²) in [7, 11) is -19.0. The van der Waals surface area contributed by atoms with Crippen molar-refractivity contribution in [3.05, 3.63) is 155 Å². The van der Waals surface area contributed by atoms with Gasteiger partial charge in [-0.1, -0.05) is 36.4 Å². The summed E-state index contributed by atoms with van der Waals surface area (Å²) in [5, 5.41) is 10.7. The quantitative estimate of drug-likeness (QED) is 0.0337. The van der Waals surface area contributed by atoms with Crippen molar-refractivity contribution in [1.29, 1.82) is 0 Å². The van der Waals surface area contributed by atoms with Crippen LogP contribution in [0.2, 0.25) is 0 Å². The summed E-state index contributed by atoms with van der Waals surface area (Å²) < 4.78 is 233. The van der Waals surface area contributed by atoms with E-state index in [0.29, 0.717) is 36.4 Å². The molecule has 0 spiro atoms. The standard InChI is InChI=1S/C49H36F6N8O17S4.4Na/c1-62-21-29(19-37(62)45(66)60-35-11-9-31-33(41(35)83(75,76)77)5-3-7-39(31)81(69,70)71)56-43(64)23-13-25(48(50,51)52)17-27(15-23)58-47(68)59-28-16-24(14-26(18-28)49(53,54)55)44(65)57-30-20-38(63(2)22-30)46(67)61-36-12-10-32-34(42(36)84(78,79)80)6-4-8-40(32)82(72,73)74;;;;/h3-22H,1-2H3,(H,56,64)(H,57,65)(H,60,66)(H,61,67)(H2,58,59,68)(H,69,70,71)(H,72,73,74)(H,75,76,77)(H,78,79,80);;;;/q;4*+1/p-4. The number of fused-ring (bicyclic) bond motifs is 2. The molecule has 0 atom stereocenters. The van der Waals surface area contributed by atoms with Crippen molar-refractivity contribution in [2.24, 2.45) is 14.1 Å². The Bertz CT molecular complexity index is 4360. The molecule has 6 aromatic carbocycles. The van der Waals surface area contributed by atoms with Gasteiger partial charge in [0, 0.05) is 70.5 Å². The Morgan fingerprint density at radius 1 is 0.398 bits per heavy atom. The third-order valence-corrected chi connectivity index (χ3v) is 15.7. The zero-order valence-corrected chi connectivity index (χ0v) is 57.0. The average molecular weight is 1340 g/mol. The zero-order chi connectivity index (χ0) is 62.0. The second kappa shape index (κ2) is 28.1. The van der Waals surface area contributed by atoms with E-state index in [4.69, 9.17) is 0 Å². The van der Waals surface area contributed by atoms with Crippen LogP contribution < -0.4 is 150 Å². The Morgan fingerprint density at radius 2 is 0.739 bits per heavy atom. The van der Waals surface area contributed by atoms with Crippen LogP contribution in [0.25, 0.3) is 21.5 Å². The van der Waals surface area contributed by atoms with Gasteiger partial charge in [0.1, 0.15) is 51.9 Å². The summed E-state index contributed by atoms with van der Waals surface area (Å²) in [5.41, 5.74) is -8.91. The van der Waals surface area contributed by atoms with E-state index >= 15 is 0 Å². The van der Waals surface area contributed by atoms with Crippen molar-refractivity contribution < 1.29 is 220 Å². The minimum atomic E-state index is -5.52. The minimum Gasteiger partial charge on any atom is -0.744 e. The molecule has 8 rings (SSSR count). The number of alkyl halides is 6. The molecule has 8 aromatic rings. The Kier molecular flexibility index (Phi) is 24.0. The van der Waals surface area contributed by atoms with Crippen LogP contribution >= 0.6 is 0 Å². The first-order chi connectivity index (χ1) is 38.8. The fourth-order valence-electron chi connectivity index (χ4n) is 8.55. The number of hydrogen-bond donors (Lipinski definition) is 6. The van der Waals surface area contributed by atoms with Crippen LogP contribution in [0.4, 0.5) is 65.3 Å². The molecule has 0 bridgehead atoms. The minimum absolute atomic E-state index is 0. The van der Waals surface area contributed by atoms with Gasteiger partial charge in [0.25, 0.3) is 23.6 Å². The van der Waals surface area contributed by atoms with Crippen molar-refractivity contribution in [3.8, 4) is 0 Å². The number of nitrogens with zero attached hydrogens (tertiary/aromatic N) is 2. The topological polar surface area (TPSA) is 396 Å². The van der Waals surface area contributed by atoms with Gasteiger partial charge < -0.3 is 59.2 Å². The molecule has 39 heteroatoms. The molecule has 0 radical (unpaired) electrons. The second-order valence-electron chi connectivity index (χ2n) is 17.8. The number of halogens is 6. The van der Waals surface area contributed by atoms with Gasteiger partial charge >= 0.3 is 137 Å². The molecule has 2 aromatic heterocycles. The van der Waals surface area contributed by atoms with E-state index < -0.39 is 169 Å². The molecular weight excluding hydrogens is 1310 g/mol. The summed E-state index contributed by atoms with van der Waals surface area (Å²) in [5.74, 6) is -4.94. The number of carbonyl (C=O) groups is 5. The number of benzene rings is 6. The molecule has 6 N–H and O–H groups in total. The van der Waals surface area contributed by atoms with Gasteiger partial charge in [-0.15, -0.1) is 0 Å². The Morgan fingerprint density at radius 3 is 1.05 bits per heavy atom. The van der Waals surface area contributed by atoms with Crippen LogP contribution in [0.3, 0.4) is 0 Å². The summed E-state index contributed by atoms with van der Waals surface area (Å²) in [6.07, 6.45) is -8.29. The number of carbonyl (C=O) groups excluding carboxylic acids is 5. The summed E-state index contributed by atoms with van der Waals surface area (Å²) in [4.78, 5) is 63.2. The molecule has 6 amide bonds. The average Bonchev–Trinajstić information content (AvgIpc) is 1.97. The van der Waals surface area contributed by atoms with Crippen LogP contribution in [0, 0.1) is 0 Å². The number of anilines is 6. The van der Waals surface area contributed by atoms with E-state index in [2.05, 4.69) is 21.3 Å².